The van der Waals surface area contributed by atoms with Crippen molar-refractivity contribution in [3.05, 3.63) is 92.8 Å². The van der Waals surface area contributed by atoms with Gasteiger partial charge in [-0.1, -0.05) is 223 Å². The van der Waals surface area contributed by atoms with Crippen LogP contribution in [0.3, 0.4) is 0 Å². The van der Waals surface area contributed by atoms with Gasteiger partial charge in [-0.05, 0) is 118 Å². The summed E-state index contributed by atoms with van der Waals surface area (Å²) in [5, 5.41) is 33.6. The third-order valence-corrected chi connectivity index (χ3v) is 24.8. The van der Waals surface area contributed by atoms with Crippen molar-refractivity contribution in [3.63, 3.8) is 0 Å². The Kier molecular flexibility index (Phi) is 23.5. The average molecular weight is 1350 g/mol. The van der Waals surface area contributed by atoms with Crippen LogP contribution in [0.2, 0.25) is 0 Å². The predicted octanol–water partition coefficient (Wildman–Crippen LogP) is 19.4. The summed E-state index contributed by atoms with van der Waals surface area (Å²) in [6.07, 6.45) is 3.25. The van der Waals surface area contributed by atoms with Crippen LogP contribution in [0.4, 0.5) is 0 Å². The minimum atomic E-state index is -0.209. The molecule has 0 radical (unpaired) electrons. The van der Waals surface area contributed by atoms with Crippen LogP contribution in [0, 0.1) is 0 Å². The molecule has 1 aliphatic rings. The number of ether oxygens (including phenoxy) is 4. The fraction of sp³-hybridized carbons (Fsp3) is 0.467. The van der Waals surface area contributed by atoms with Gasteiger partial charge in [-0.15, -0.1) is 40.8 Å². The highest BCUT2D eigenvalue weighted by atomic mass is 32.2. The van der Waals surface area contributed by atoms with Gasteiger partial charge in [0.1, 0.15) is 45.0 Å². The zero-order chi connectivity index (χ0) is 59.5. The first-order valence-corrected chi connectivity index (χ1v) is 38.4. The van der Waals surface area contributed by atoms with Gasteiger partial charge in [0.15, 0.2) is 17.4 Å². The molecule has 0 amide bonds. The molecule has 0 saturated heterocycles. The normalized spacial score (nSPS) is 13.1. The maximum Gasteiger partial charge on any atom is 0.174 e. The number of fused-ring (bicyclic) bond motifs is 8. The van der Waals surface area contributed by atoms with Crippen LogP contribution in [0.5, 0.6) is 23.0 Å². The van der Waals surface area contributed by atoms with Gasteiger partial charge in [0.2, 0.25) is 0 Å². The Bertz CT molecular complexity index is 2840. The highest BCUT2D eigenvalue weighted by Crippen LogP contribution is 2.57. The molecule has 0 unspecified atom stereocenters. The summed E-state index contributed by atoms with van der Waals surface area (Å²) in [7, 11) is 0. The first-order chi connectivity index (χ1) is 40.2. The van der Waals surface area contributed by atoms with Crippen molar-refractivity contribution >= 4 is 139 Å². The maximum atomic E-state index is 7.26. The maximum absolute atomic E-state index is 7.26. The minimum Gasteiger partial charge on any atom is -0.491 e. The summed E-state index contributed by atoms with van der Waals surface area (Å²) in [5.74, 6) is 6.76. The van der Waals surface area contributed by atoms with Gasteiger partial charge in [0.05, 0.1) is 65.6 Å². The van der Waals surface area contributed by atoms with Crippen LogP contribution >= 0.6 is 139 Å². The quantitative estimate of drug-likeness (QED) is 0.0418. The standard InChI is InChI=1S/C60H72N8O4S12/c1-57(2,3)37-25-41-49(69-17-13-21-73-53-65-61-33-77-53)42(26-37)82-44-28-39(59(7,8)9)30-46(51(44)71-19-15-23-75-55-67-63-35-79-55)84-48-32-40(60(10,11)12)31-47(52(48)72-20-16-24-76-56-68-64-36-80-56)83-45-29-38(58(4,5)6)27-43(81-41)50(45)70-18-14-22-74-54-66-62-34-78-54/h25-36H,13-24H2,1-12H3. The molecule has 448 valence electrons. The van der Waals surface area contributed by atoms with Gasteiger partial charge < -0.3 is 18.9 Å². The van der Waals surface area contributed by atoms with Gasteiger partial charge >= 0.3 is 0 Å². The highest BCUT2D eigenvalue weighted by Gasteiger charge is 2.31. The summed E-state index contributed by atoms with van der Waals surface area (Å²) >= 11 is 20.1. The Morgan fingerprint density at radius 1 is 0.310 bits per heavy atom. The SMILES string of the molecule is CC(C)(C)c1cc2c(OCCCSc3nncs3)c(c1)Sc1cc(C(C)(C)C)cc(c1OCCCSc1nncs1)Sc1cc(C(C)(C)C)cc(c1OCCCSc1nncs1)Sc1cc(C(C)(C)C)cc(c1OCCCSc1nncs1)S2. The number of aromatic nitrogens is 8. The summed E-state index contributed by atoms with van der Waals surface area (Å²) in [6.45, 7) is 29.6. The second kappa shape index (κ2) is 30.1. The molecular weight excluding hydrogens is 1280 g/mol. The summed E-state index contributed by atoms with van der Waals surface area (Å²) < 4.78 is 32.9. The molecule has 8 bridgehead atoms. The van der Waals surface area contributed by atoms with Gasteiger partial charge in [-0.25, -0.2) is 0 Å². The van der Waals surface area contributed by atoms with Crippen LogP contribution in [0.25, 0.3) is 0 Å². The second-order valence-electron chi connectivity index (χ2n) is 23.6. The fourth-order valence-corrected chi connectivity index (χ4v) is 18.8. The molecule has 0 aliphatic carbocycles. The van der Waals surface area contributed by atoms with E-state index in [1.807, 2.05) is 0 Å². The van der Waals surface area contributed by atoms with Crippen LogP contribution in [0.15, 0.2) is 127 Å². The summed E-state index contributed by atoms with van der Waals surface area (Å²) in [6, 6.07) is 18.9. The third-order valence-electron chi connectivity index (χ3n) is 12.8. The topological polar surface area (TPSA) is 140 Å². The lowest BCUT2D eigenvalue weighted by molar-refractivity contribution is 0.300. The Balaban J connectivity index is 1.25. The van der Waals surface area contributed by atoms with Gasteiger partial charge in [-0.3, -0.25) is 0 Å². The van der Waals surface area contributed by atoms with E-state index < -0.39 is 0 Å². The van der Waals surface area contributed by atoms with Crippen molar-refractivity contribution in [1.82, 2.24) is 40.8 Å². The van der Waals surface area contributed by atoms with E-state index in [9.17, 15) is 0 Å². The van der Waals surface area contributed by atoms with Crippen LogP contribution in [0.1, 0.15) is 131 Å². The molecule has 1 aliphatic heterocycles. The first kappa shape index (κ1) is 65.6. The Hall–Kier alpha value is -2.88. The molecule has 0 spiro atoms. The molecule has 8 aromatic rings. The molecule has 4 aromatic heterocycles. The average Bonchev–Trinajstić information content (AvgIpc) is 1.92. The molecule has 24 heteroatoms. The molecule has 12 nitrogen and oxygen atoms in total. The van der Waals surface area contributed by atoms with E-state index in [0.29, 0.717) is 26.4 Å². The number of hydrogen-bond donors (Lipinski definition) is 0. The third kappa shape index (κ3) is 18.6. The van der Waals surface area contributed by atoms with E-state index in [1.165, 1.54) is 22.3 Å². The van der Waals surface area contributed by atoms with Crippen molar-refractivity contribution in [2.75, 3.05) is 49.4 Å². The second-order valence-corrected chi connectivity index (χ2v) is 36.7. The lowest BCUT2D eigenvalue weighted by Crippen LogP contribution is -2.14. The van der Waals surface area contributed by atoms with Crippen molar-refractivity contribution in [1.29, 1.82) is 0 Å². The van der Waals surface area contributed by atoms with Gasteiger partial charge in [0.25, 0.3) is 0 Å². The van der Waals surface area contributed by atoms with Crippen LogP contribution in [-0.2, 0) is 21.7 Å². The predicted molar refractivity (Wildman–Crippen MR) is 360 cm³/mol. The molecule has 0 fully saturated rings. The minimum absolute atomic E-state index is 0.209. The van der Waals surface area contributed by atoms with Crippen molar-refractivity contribution in [2.24, 2.45) is 0 Å². The molecule has 0 saturated carbocycles. The van der Waals surface area contributed by atoms with E-state index in [0.717, 1.165) is 128 Å². The van der Waals surface area contributed by atoms with Gasteiger partial charge in [0, 0.05) is 23.0 Å². The molecule has 9 rings (SSSR count). The number of benzene rings is 4. The number of rotatable bonds is 24. The van der Waals surface area contributed by atoms with E-state index in [1.54, 1.807) is 161 Å². The van der Waals surface area contributed by atoms with E-state index in [2.05, 4.69) is 172 Å². The van der Waals surface area contributed by atoms with Crippen molar-refractivity contribution in [3.8, 4) is 23.0 Å². The Labute approximate surface area is 546 Å². The summed E-state index contributed by atoms with van der Waals surface area (Å²) in [5.41, 5.74) is 11.1. The largest absolute Gasteiger partial charge is 0.491 e. The Morgan fingerprint density at radius 3 is 0.655 bits per heavy atom. The monoisotopic (exact) mass is 1350 g/mol. The van der Waals surface area contributed by atoms with Crippen LogP contribution < -0.4 is 18.9 Å². The number of nitrogens with zero attached hydrogens (tertiary/aromatic N) is 8. The molecular formula is C60H72N8O4S12. The highest BCUT2D eigenvalue weighted by molar-refractivity contribution is 8.02. The van der Waals surface area contributed by atoms with E-state index in [-0.39, 0.29) is 21.7 Å². The lowest BCUT2D eigenvalue weighted by Gasteiger charge is -2.28. The smallest absolute Gasteiger partial charge is 0.174 e. The molecule has 0 atom stereocenters. The number of thioether (sulfide) groups is 4. The molecule has 4 aromatic carbocycles. The molecule has 0 N–H and O–H groups in total. The fourth-order valence-electron chi connectivity index (χ4n) is 8.16. The van der Waals surface area contributed by atoms with Crippen molar-refractivity contribution in [2.45, 2.75) is 187 Å². The van der Waals surface area contributed by atoms with E-state index >= 15 is 0 Å². The number of hydrogen-bond acceptors (Lipinski definition) is 24. The first-order valence-electron chi connectivity index (χ1n) is 27.7. The molecule has 5 heterocycles. The zero-order valence-corrected chi connectivity index (χ0v) is 59.3. The zero-order valence-electron chi connectivity index (χ0n) is 49.5. The summed E-state index contributed by atoms with van der Waals surface area (Å²) in [4.78, 5) is 8.20. The lowest BCUT2D eigenvalue weighted by atomic mass is 9.87. The van der Waals surface area contributed by atoms with Crippen molar-refractivity contribution < 1.29 is 18.9 Å². The van der Waals surface area contributed by atoms with Gasteiger partial charge in [-0.2, -0.15) is 0 Å². The van der Waals surface area contributed by atoms with E-state index in [4.69, 9.17) is 18.9 Å². The molecule has 84 heavy (non-hydrogen) atoms. The van der Waals surface area contributed by atoms with Crippen LogP contribution in [-0.4, -0.2) is 90.2 Å². The Morgan fingerprint density at radius 2 is 0.500 bits per heavy atom.